The van der Waals surface area contributed by atoms with Crippen molar-refractivity contribution in [1.29, 1.82) is 5.26 Å². The lowest BCUT2D eigenvalue weighted by atomic mass is 9.83. The van der Waals surface area contributed by atoms with Gasteiger partial charge in [-0.3, -0.25) is 0 Å². The number of carbonyl (C=O) groups is 1. The zero-order chi connectivity index (χ0) is 21.0. The molecule has 1 aliphatic rings. The molecule has 0 fully saturated rings. The minimum Gasteiger partial charge on any atom is -0.497 e. The predicted molar refractivity (Wildman–Crippen MR) is 108 cm³/mol. The van der Waals surface area contributed by atoms with Crippen LogP contribution >= 0.6 is 0 Å². The first kappa shape index (κ1) is 19.8. The Morgan fingerprint density at radius 2 is 1.55 bits per heavy atom. The lowest BCUT2D eigenvalue weighted by molar-refractivity contribution is -0.136. The van der Waals surface area contributed by atoms with Crippen LogP contribution in [-0.4, -0.2) is 27.3 Å². The zero-order valence-corrected chi connectivity index (χ0v) is 16.4. The molecular weight excluding hydrogens is 370 g/mol. The summed E-state index contributed by atoms with van der Waals surface area (Å²) in [6, 6.07) is 16.4. The van der Waals surface area contributed by atoms with Crippen molar-refractivity contribution in [3.63, 3.8) is 0 Å². The van der Waals surface area contributed by atoms with E-state index in [1.54, 1.807) is 73.9 Å². The summed E-state index contributed by atoms with van der Waals surface area (Å²) >= 11 is 0. The second-order valence-corrected chi connectivity index (χ2v) is 6.26. The molecule has 3 rings (SSSR count). The first-order valence-corrected chi connectivity index (χ1v) is 8.81. The molecule has 0 saturated heterocycles. The fourth-order valence-corrected chi connectivity index (χ4v) is 3.23. The van der Waals surface area contributed by atoms with Crippen molar-refractivity contribution >= 4 is 11.7 Å². The number of rotatable bonds is 5. The number of carbonyl (C=O) groups excluding carboxylic acids is 1. The number of nitrogens with two attached hydrogens (primary N) is 1. The topological polar surface area (TPSA) is 97.8 Å². The van der Waals surface area contributed by atoms with E-state index in [0.717, 1.165) is 5.56 Å². The molecule has 7 nitrogen and oxygen atoms in total. The predicted octanol–water partition coefficient (Wildman–Crippen LogP) is 3.06. The SMILES string of the molecule is COC(=O)C1=CN(c2ccc(OC)cc2)C(N)=C(C#N)C1c1ccc(OC)cc1. The first-order chi connectivity index (χ1) is 14.0. The summed E-state index contributed by atoms with van der Waals surface area (Å²) in [7, 11) is 4.45. The summed E-state index contributed by atoms with van der Waals surface area (Å²) in [5.74, 6) is 0.411. The monoisotopic (exact) mass is 391 g/mol. The molecule has 2 aromatic rings. The fourth-order valence-electron chi connectivity index (χ4n) is 3.23. The molecule has 0 saturated carbocycles. The van der Waals surface area contributed by atoms with Crippen molar-refractivity contribution < 1.29 is 19.0 Å². The van der Waals surface area contributed by atoms with Gasteiger partial charge in [-0.15, -0.1) is 0 Å². The molecule has 148 valence electrons. The Morgan fingerprint density at radius 3 is 2.03 bits per heavy atom. The minimum atomic E-state index is -0.646. The van der Waals surface area contributed by atoms with E-state index in [-0.39, 0.29) is 11.4 Å². The highest BCUT2D eigenvalue weighted by molar-refractivity contribution is 5.93. The number of methoxy groups -OCH3 is 3. The van der Waals surface area contributed by atoms with Crippen LogP contribution in [0.4, 0.5) is 5.69 Å². The minimum absolute atomic E-state index is 0.242. The highest BCUT2D eigenvalue weighted by atomic mass is 16.5. The van der Waals surface area contributed by atoms with Gasteiger partial charge in [0.25, 0.3) is 0 Å². The standard InChI is InChI=1S/C22H21N3O4/c1-27-16-8-4-14(5-9-16)20-18(12-23)21(24)25(13-19(20)22(26)29-3)15-6-10-17(28-2)11-7-15/h4-11,13,20H,24H2,1-3H3. The molecule has 0 aliphatic carbocycles. The average Bonchev–Trinajstić information content (AvgIpc) is 2.78. The van der Waals surface area contributed by atoms with Gasteiger partial charge in [0.05, 0.1) is 44.5 Å². The summed E-state index contributed by atoms with van der Waals surface area (Å²) in [6.45, 7) is 0. The molecule has 0 bridgehead atoms. The van der Waals surface area contributed by atoms with Crippen molar-refractivity contribution in [2.24, 2.45) is 5.73 Å². The van der Waals surface area contributed by atoms with Gasteiger partial charge in [-0.25, -0.2) is 4.79 Å². The second kappa shape index (κ2) is 8.40. The van der Waals surface area contributed by atoms with Crippen LogP contribution in [0.1, 0.15) is 11.5 Å². The van der Waals surface area contributed by atoms with Crippen LogP contribution in [-0.2, 0) is 9.53 Å². The van der Waals surface area contributed by atoms with Gasteiger partial charge >= 0.3 is 5.97 Å². The molecule has 0 spiro atoms. The lowest BCUT2D eigenvalue weighted by Crippen LogP contribution is -2.33. The molecule has 7 heteroatoms. The van der Waals surface area contributed by atoms with Gasteiger partial charge in [0.1, 0.15) is 17.3 Å². The Labute approximate surface area is 169 Å². The summed E-state index contributed by atoms with van der Waals surface area (Å²) in [5.41, 5.74) is 8.34. The van der Waals surface area contributed by atoms with Gasteiger partial charge in [0.15, 0.2) is 0 Å². The summed E-state index contributed by atoms with van der Waals surface area (Å²) in [5, 5.41) is 9.87. The third-order valence-corrected chi connectivity index (χ3v) is 4.74. The fraction of sp³-hybridized carbons (Fsp3) is 0.182. The lowest BCUT2D eigenvalue weighted by Gasteiger charge is -2.32. The van der Waals surface area contributed by atoms with Crippen LogP contribution in [0.15, 0.2) is 71.7 Å². The molecule has 1 unspecified atom stereocenters. The molecule has 0 radical (unpaired) electrons. The number of nitrogens with zero attached hydrogens (tertiary/aromatic N) is 2. The van der Waals surface area contributed by atoms with E-state index < -0.39 is 11.9 Å². The maximum atomic E-state index is 12.6. The van der Waals surface area contributed by atoms with Gasteiger partial charge in [-0.1, -0.05) is 12.1 Å². The number of ether oxygens (including phenoxy) is 3. The number of anilines is 1. The summed E-state index contributed by atoms with van der Waals surface area (Å²) in [6.07, 6.45) is 1.61. The quantitative estimate of drug-likeness (QED) is 0.782. The van der Waals surface area contributed by atoms with Crippen LogP contribution in [0.25, 0.3) is 0 Å². The Balaban J connectivity index is 2.13. The molecule has 1 atom stereocenters. The Hall–Kier alpha value is -3.92. The number of hydrogen-bond acceptors (Lipinski definition) is 7. The van der Waals surface area contributed by atoms with Crippen LogP contribution in [0.5, 0.6) is 11.5 Å². The molecule has 1 heterocycles. The zero-order valence-electron chi connectivity index (χ0n) is 16.4. The van der Waals surface area contributed by atoms with E-state index >= 15 is 0 Å². The van der Waals surface area contributed by atoms with E-state index in [1.165, 1.54) is 7.11 Å². The van der Waals surface area contributed by atoms with Crippen molar-refractivity contribution in [2.45, 2.75) is 5.92 Å². The van der Waals surface area contributed by atoms with Crippen LogP contribution in [0.2, 0.25) is 0 Å². The second-order valence-electron chi connectivity index (χ2n) is 6.26. The van der Waals surface area contributed by atoms with Crippen molar-refractivity contribution in [2.75, 3.05) is 26.2 Å². The molecule has 29 heavy (non-hydrogen) atoms. The van der Waals surface area contributed by atoms with Crippen LogP contribution in [0.3, 0.4) is 0 Å². The van der Waals surface area contributed by atoms with E-state index in [0.29, 0.717) is 22.8 Å². The van der Waals surface area contributed by atoms with Crippen molar-refractivity contribution in [3.8, 4) is 17.6 Å². The Morgan fingerprint density at radius 1 is 1.00 bits per heavy atom. The Bertz CT molecular complexity index is 1000. The molecular formula is C22H21N3O4. The van der Waals surface area contributed by atoms with Gasteiger partial charge in [0.2, 0.25) is 0 Å². The molecule has 0 aromatic heterocycles. The maximum absolute atomic E-state index is 12.6. The van der Waals surface area contributed by atoms with E-state index in [1.807, 2.05) is 0 Å². The number of nitriles is 1. The van der Waals surface area contributed by atoms with Crippen molar-refractivity contribution in [1.82, 2.24) is 0 Å². The van der Waals surface area contributed by atoms with E-state index in [2.05, 4.69) is 6.07 Å². The molecule has 2 aromatic carbocycles. The highest BCUT2D eigenvalue weighted by Crippen LogP contribution is 2.40. The van der Waals surface area contributed by atoms with Crippen LogP contribution < -0.4 is 20.1 Å². The number of hydrogen-bond donors (Lipinski definition) is 1. The molecule has 1 aliphatic heterocycles. The molecule has 2 N–H and O–H groups in total. The van der Waals surface area contributed by atoms with E-state index in [9.17, 15) is 10.1 Å². The van der Waals surface area contributed by atoms with Gasteiger partial charge in [-0.05, 0) is 42.0 Å². The number of esters is 1. The summed E-state index contributed by atoms with van der Waals surface area (Å²) < 4.78 is 15.4. The van der Waals surface area contributed by atoms with Crippen LogP contribution in [0, 0.1) is 11.3 Å². The van der Waals surface area contributed by atoms with Gasteiger partial charge in [0, 0.05) is 11.9 Å². The van der Waals surface area contributed by atoms with Gasteiger partial charge < -0.3 is 24.8 Å². The third kappa shape index (κ3) is 3.73. The third-order valence-electron chi connectivity index (χ3n) is 4.74. The number of benzene rings is 2. The largest absolute Gasteiger partial charge is 0.497 e. The Kier molecular flexibility index (Phi) is 5.74. The van der Waals surface area contributed by atoms with Crippen molar-refractivity contribution in [3.05, 3.63) is 77.3 Å². The number of allylic oxidation sites excluding steroid dienone is 1. The first-order valence-electron chi connectivity index (χ1n) is 8.81. The maximum Gasteiger partial charge on any atom is 0.336 e. The summed E-state index contributed by atoms with van der Waals surface area (Å²) in [4.78, 5) is 14.2. The average molecular weight is 391 g/mol. The molecule has 0 amide bonds. The van der Waals surface area contributed by atoms with E-state index in [4.69, 9.17) is 19.9 Å². The normalized spacial score (nSPS) is 16.0. The highest BCUT2D eigenvalue weighted by Gasteiger charge is 2.35. The van der Waals surface area contributed by atoms with Gasteiger partial charge in [-0.2, -0.15) is 5.26 Å². The smallest absolute Gasteiger partial charge is 0.336 e.